The number of hydrogen-bond donors (Lipinski definition) is 1. The van der Waals surface area contributed by atoms with Crippen LogP contribution in [0.25, 0.3) is 10.8 Å². The summed E-state index contributed by atoms with van der Waals surface area (Å²) in [5.74, 6) is 0.726. The predicted molar refractivity (Wildman–Crippen MR) is 125 cm³/mol. The average Bonchev–Trinajstić information content (AvgIpc) is 2.83. The topological polar surface area (TPSA) is 61.9 Å². The van der Waals surface area contributed by atoms with Gasteiger partial charge in [0.25, 0.3) is 5.91 Å². The summed E-state index contributed by atoms with van der Waals surface area (Å²) in [7, 11) is 0. The zero-order valence-electron chi connectivity index (χ0n) is 18.0. The highest BCUT2D eigenvalue weighted by atomic mass is 16.5. The molecule has 1 N–H and O–H groups in total. The maximum Gasteiger partial charge on any atom is 0.260 e. The lowest BCUT2D eigenvalue weighted by molar-refractivity contribution is -0.135. The van der Waals surface area contributed by atoms with E-state index in [0.29, 0.717) is 31.7 Å². The third-order valence-electron chi connectivity index (χ3n) is 6.33. The number of anilines is 1. The van der Waals surface area contributed by atoms with Gasteiger partial charge in [-0.3, -0.25) is 14.5 Å². The minimum absolute atomic E-state index is 0.0147. The number of nitrogens with zero attached hydrogens (tertiary/aromatic N) is 2. The Bertz CT molecular complexity index is 1150. The first-order valence-electron chi connectivity index (χ1n) is 11.2. The molecule has 2 aliphatic heterocycles. The van der Waals surface area contributed by atoms with Gasteiger partial charge in [-0.2, -0.15) is 0 Å². The van der Waals surface area contributed by atoms with E-state index in [9.17, 15) is 9.59 Å². The van der Waals surface area contributed by atoms with Crippen LogP contribution >= 0.6 is 0 Å². The summed E-state index contributed by atoms with van der Waals surface area (Å²) in [6.45, 7) is 4.06. The highest BCUT2D eigenvalue weighted by molar-refractivity contribution is 5.94. The monoisotopic (exact) mass is 429 g/mol. The lowest BCUT2D eigenvalue weighted by Crippen LogP contribution is -2.49. The van der Waals surface area contributed by atoms with Gasteiger partial charge in [-0.05, 0) is 46.5 Å². The molecule has 164 valence electrons. The van der Waals surface area contributed by atoms with E-state index in [2.05, 4.69) is 52.7 Å². The van der Waals surface area contributed by atoms with Gasteiger partial charge in [0.1, 0.15) is 5.75 Å². The normalized spacial score (nSPS) is 16.5. The number of amides is 2. The van der Waals surface area contributed by atoms with Gasteiger partial charge in [-0.15, -0.1) is 0 Å². The van der Waals surface area contributed by atoms with Crippen LogP contribution in [0.15, 0.2) is 60.7 Å². The lowest BCUT2D eigenvalue weighted by atomic mass is 10.0. The van der Waals surface area contributed by atoms with Crippen LogP contribution in [-0.4, -0.2) is 54.4 Å². The second kappa shape index (κ2) is 9.01. The Balaban J connectivity index is 1.13. The zero-order valence-corrected chi connectivity index (χ0v) is 18.0. The Morgan fingerprint density at radius 2 is 1.75 bits per heavy atom. The van der Waals surface area contributed by atoms with Gasteiger partial charge in [0.2, 0.25) is 5.91 Å². The fourth-order valence-electron chi connectivity index (χ4n) is 4.51. The van der Waals surface area contributed by atoms with E-state index in [0.717, 1.165) is 30.9 Å². The maximum absolute atomic E-state index is 12.7. The summed E-state index contributed by atoms with van der Waals surface area (Å²) in [5, 5.41) is 5.42. The number of aryl methyl sites for hydroxylation is 1. The molecule has 3 aromatic rings. The summed E-state index contributed by atoms with van der Waals surface area (Å²) in [4.78, 5) is 28.5. The number of fused-ring (bicyclic) bond motifs is 2. The molecule has 0 radical (unpaired) electrons. The van der Waals surface area contributed by atoms with Crippen LogP contribution in [-0.2, 0) is 22.6 Å². The highest BCUT2D eigenvalue weighted by Gasteiger charge is 2.22. The van der Waals surface area contributed by atoms with Crippen LogP contribution in [0.2, 0.25) is 0 Å². The fraction of sp³-hybridized carbons (Fsp3) is 0.308. The number of rotatable bonds is 5. The summed E-state index contributed by atoms with van der Waals surface area (Å²) in [5.41, 5.74) is 3.22. The molecule has 2 amide bonds. The predicted octanol–water partition coefficient (Wildman–Crippen LogP) is 3.45. The molecule has 2 aliphatic rings. The van der Waals surface area contributed by atoms with Crippen molar-refractivity contribution in [2.75, 3.05) is 38.1 Å². The molecule has 0 aromatic heterocycles. The van der Waals surface area contributed by atoms with E-state index < -0.39 is 0 Å². The number of benzene rings is 3. The van der Waals surface area contributed by atoms with E-state index in [1.54, 1.807) is 6.07 Å². The Hall–Kier alpha value is -3.38. The largest absolute Gasteiger partial charge is 0.484 e. The number of ether oxygens (including phenoxy) is 1. The van der Waals surface area contributed by atoms with Crippen molar-refractivity contribution < 1.29 is 14.3 Å². The third-order valence-corrected chi connectivity index (χ3v) is 6.33. The quantitative estimate of drug-likeness (QED) is 0.675. The molecule has 0 bridgehead atoms. The van der Waals surface area contributed by atoms with Gasteiger partial charge in [0.05, 0.1) is 0 Å². The Morgan fingerprint density at radius 3 is 2.62 bits per heavy atom. The van der Waals surface area contributed by atoms with Crippen LogP contribution in [0, 0.1) is 0 Å². The standard InChI is InChI=1S/C26H27N3O3/c30-25-11-8-20-16-22(9-10-24(20)27-25)32-18-26(31)29-14-12-28(13-15-29)17-21-6-3-5-19-4-1-2-7-23(19)21/h1-7,9-10,16H,8,11-15,17-18H2,(H,27,30). The number of carbonyl (C=O) groups excluding carboxylic acids is 2. The summed E-state index contributed by atoms with van der Waals surface area (Å²) >= 11 is 0. The Labute approximate surface area is 187 Å². The first-order chi connectivity index (χ1) is 15.7. The summed E-state index contributed by atoms with van der Waals surface area (Å²) < 4.78 is 5.77. The SMILES string of the molecule is O=C1CCc2cc(OCC(=O)N3CCN(Cc4cccc5ccccc45)CC3)ccc2N1. The zero-order chi connectivity index (χ0) is 21.9. The van der Waals surface area contributed by atoms with Gasteiger partial charge < -0.3 is 15.0 Å². The highest BCUT2D eigenvalue weighted by Crippen LogP contribution is 2.27. The Morgan fingerprint density at radius 1 is 0.938 bits per heavy atom. The minimum Gasteiger partial charge on any atom is -0.484 e. The second-order valence-electron chi connectivity index (χ2n) is 8.45. The minimum atomic E-state index is 0.0147. The molecule has 0 spiro atoms. The molecule has 0 aliphatic carbocycles. The van der Waals surface area contributed by atoms with Gasteiger partial charge in [0, 0.05) is 44.8 Å². The van der Waals surface area contributed by atoms with Gasteiger partial charge >= 0.3 is 0 Å². The number of nitrogens with one attached hydrogen (secondary N) is 1. The van der Waals surface area contributed by atoms with Crippen molar-refractivity contribution in [2.24, 2.45) is 0 Å². The van der Waals surface area contributed by atoms with Crippen LogP contribution in [0.4, 0.5) is 5.69 Å². The number of carbonyl (C=O) groups is 2. The van der Waals surface area contributed by atoms with Crippen molar-refractivity contribution in [1.82, 2.24) is 9.80 Å². The molecule has 5 rings (SSSR count). The van der Waals surface area contributed by atoms with Crippen LogP contribution in [0.5, 0.6) is 5.75 Å². The average molecular weight is 430 g/mol. The fourth-order valence-corrected chi connectivity index (χ4v) is 4.51. The summed E-state index contributed by atoms with van der Waals surface area (Å²) in [6, 6.07) is 20.5. The van der Waals surface area contributed by atoms with Crippen molar-refractivity contribution in [3.63, 3.8) is 0 Å². The molecule has 0 saturated carbocycles. The molecule has 6 heteroatoms. The molecule has 1 saturated heterocycles. The van der Waals surface area contributed by atoms with E-state index in [1.165, 1.54) is 16.3 Å². The molecule has 32 heavy (non-hydrogen) atoms. The molecular formula is C26H27N3O3. The van der Waals surface area contributed by atoms with Crippen molar-refractivity contribution in [2.45, 2.75) is 19.4 Å². The second-order valence-corrected chi connectivity index (χ2v) is 8.45. The molecule has 0 atom stereocenters. The van der Waals surface area contributed by atoms with Crippen molar-refractivity contribution in [3.05, 3.63) is 71.8 Å². The van der Waals surface area contributed by atoms with E-state index in [4.69, 9.17) is 4.74 Å². The van der Waals surface area contributed by atoms with Crippen LogP contribution in [0.3, 0.4) is 0 Å². The summed E-state index contributed by atoms with van der Waals surface area (Å²) in [6.07, 6.45) is 1.18. The maximum atomic E-state index is 12.7. The third kappa shape index (κ3) is 4.46. The molecule has 3 aromatic carbocycles. The van der Waals surface area contributed by atoms with Gasteiger partial charge in [-0.25, -0.2) is 0 Å². The number of hydrogen-bond acceptors (Lipinski definition) is 4. The molecule has 2 heterocycles. The van der Waals surface area contributed by atoms with E-state index in [-0.39, 0.29) is 18.4 Å². The van der Waals surface area contributed by atoms with Crippen molar-refractivity contribution >= 4 is 28.3 Å². The van der Waals surface area contributed by atoms with Gasteiger partial charge in [0.15, 0.2) is 6.61 Å². The molecular weight excluding hydrogens is 402 g/mol. The van der Waals surface area contributed by atoms with Crippen molar-refractivity contribution in [3.8, 4) is 5.75 Å². The first-order valence-corrected chi connectivity index (χ1v) is 11.2. The van der Waals surface area contributed by atoms with Crippen LogP contribution in [0.1, 0.15) is 17.5 Å². The molecule has 6 nitrogen and oxygen atoms in total. The molecule has 1 fully saturated rings. The van der Waals surface area contributed by atoms with Crippen molar-refractivity contribution in [1.29, 1.82) is 0 Å². The Kier molecular flexibility index (Phi) is 5.77. The van der Waals surface area contributed by atoms with Crippen LogP contribution < -0.4 is 10.1 Å². The number of piperazine rings is 1. The first kappa shape index (κ1) is 20.5. The van der Waals surface area contributed by atoms with E-state index in [1.807, 2.05) is 17.0 Å². The van der Waals surface area contributed by atoms with E-state index >= 15 is 0 Å². The van der Waals surface area contributed by atoms with Gasteiger partial charge in [-0.1, -0.05) is 42.5 Å². The lowest BCUT2D eigenvalue weighted by Gasteiger charge is -2.35. The molecule has 0 unspecified atom stereocenters. The smallest absolute Gasteiger partial charge is 0.260 e.